The summed E-state index contributed by atoms with van der Waals surface area (Å²) in [4.78, 5) is 48.4. The lowest BCUT2D eigenvalue weighted by atomic mass is 9.47. The molecule has 0 spiro atoms. The highest BCUT2D eigenvalue weighted by Crippen LogP contribution is 2.65. The van der Waals surface area contributed by atoms with Crippen LogP contribution in [0.5, 0.6) is 0 Å². The number of ether oxygens (including phenoxy) is 1. The van der Waals surface area contributed by atoms with Crippen molar-refractivity contribution in [3.8, 4) is 0 Å². The second kappa shape index (κ2) is 10.3. The maximum absolute atomic E-state index is 12.7. The van der Waals surface area contributed by atoms with E-state index in [1.54, 1.807) is 0 Å². The van der Waals surface area contributed by atoms with E-state index in [-0.39, 0.29) is 47.4 Å². The Labute approximate surface area is 214 Å². The van der Waals surface area contributed by atoms with Crippen molar-refractivity contribution in [2.45, 2.75) is 110 Å². The third kappa shape index (κ3) is 5.12. The fourth-order valence-electron chi connectivity index (χ4n) is 8.10. The Morgan fingerprint density at radius 3 is 2.50 bits per heavy atom. The molecule has 3 saturated carbocycles. The van der Waals surface area contributed by atoms with Gasteiger partial charge in [-0.2, -0.15) is 0 Å². The maximum atomic E-state index is 12.7. The lowest BCUT2D eigenvalue weighted by molar-refractivity contribution is -0.160. The predicted octanol–water partition coefficient (Wildman–Crippen LogP) is 4.83. The number of hydrogen-bond donors (Lipinski definition) is 2. The van der Waals surface area contributed by atoms with E-state index in [0.717, 1.165) is 44.9 Å². The van der Waals surface area contributed by atoms with E-state index in [4.69, 9.17) is 4.74 Å². The van der Waals surface area contributed by atoms with Gasteiger partial charge in [0.1, 0.15) is 12.1 Å². The summed E-state index contributed by atoms with van der Waals surface area (Å²) in [6, 6.07) is -0.937. The van der Waals surface area contributed by atoms with Crippen LogP contribution in [0.1, 0.15) is 98.3 Å². The smallest absolute Gasteiger partial charge is 0.326 e. The first-order chi connectivity index (χ1) is 16.9. The van der Waals surface area contributed by atoms with Crippen LogP contribution in [0, 0.1) is 34.5 Å². The monoisotopic (exact) mass is 501 g/mol. The predicted molar refractivity (Wildman–Crippen MR) is 135 cm³/mol. The maximum Gasteiger partial charge on any atom is 0.326 e. The van der Waals surface area contributed by atoms with Gasteiger partial charge in [-0.1, -0.05) is 33.3 Å². The first-order valence-electron chi connectivity index (χ1n) is 13.9. The molecule has 7 atom stereocenters. The summed E-state index contributed by atoms with van der Waals surface area (Å²) in [5, 5.41) is 11.9. The molecule has 7 heteroatoms. The molecule has 0 saturated heterocycles. The lowest BCUT2D eigenvalue weighted by Crippen LogP contribution is -2.51. The summed E-state index contributed by atoms with van der Waals surface area (Å²) in [7, 11) is 0. The van der Waals surface area contributed by atoms with Gasteiger partial charge in [-0.05, 0) is 86.5 Å². The number of carbonyl (C=O) groups excluding carboxylic acids is 3. The molecule has 0 unspecified atom stereocenters. The number of esters is 1. The molecule has 7 nitrogen and oxygen atoms in total. The number of aliphatic carboxylic acids is 1. The normalized spacial score (nSPS) is 36.2. The summed E-state index contributed by atoms with van der Waals surface area (Å²) in [5.74, 6) is 0.263. The molecule has 4 aliphatic carbocycles. The molecule has 4 rings (SSSR count). The number of nitrogens with one attached hydrogen (secondary N) is 1. The van der Waals surface area contributed by atoms with Crippen molar-refractivity contribution in [2.24, 2.45) is 34.5 Å². The molecular formula is C29H43NO6. The highest BCUT2D eigenvalue weighted by atomic mass is 16.5. The Morgan fingerprint density at radius 1 is 1.06 bits per heavy atom. The first kappa shape index (κ1) is 26.9. The van der Waals surface area contributed by atoms with E-state index < -0.39 is 17.9 Å². The van der Waals surface area contributed by atoms with Gasteiger partial charge >= 0.3 is 11.9 Å². The summed E-state index contributed by atoms with van der Waals surface area (Å²) in [6.45, 7) is 8.47. The topological polar surface area (TPSA) is 110 Å². The van der Waals surface area contributed by atoms with Crippen LogP contribution in [0.3, 0.4) is 0 Å². The summed E-state index contributed by atoms with van der Waals surface area (Å²) < 4.78 is 5.99. The van der Waals surface area contributed by atoms with Gasteiger partial charge in [0, 0.05) is 18.3 Å². The number of rotatable bonds is 8. The van der Waals surface area contributed by atoms with Crippen molar-refractivity contribution in [3.05, 3.63) is 11.6 Å². The summed E-state index contributed by atoms with van der Waals surface area (Å²) in [5.41, 5.74) is 1.44. The molecule has 200 valence electrons. The van der Waals surface area contributed by atoms with Crippen LogP contribution >= 0.6 is 0 Å². The number of fused-ring (bicyclic) bond motifs is 5. The van der Waals surface area contributed by atoms with Crippen LogP contribution in [0.4, 0.5) is 0 Å². The fourth-order valence-corrected chi connectivity index (χ4v) is 8.10. The molecule has 0 radical (unpaired) electrons. The molecule has 36 heavy (non-hydrogen) atoms. The SMILES string of the molecule is CC(C)C[C@H](NC(=O)CCC(=O)O[C@@H]1CC[C@@H]2[C@@H]3CCC4=CC(=O)CC[C@]4(C)[C@@H]3CC[C@@]21C)C(=O)O. The van der Waals surface area contributed by atoms with Gasteiger partial charge in [-0.15, -0.1) is 0 Å². The van der Waals surface area contributed by atoms with Crippen LogP contribution in [0.2, 0.25) is 0 Å². The van der Waals surface area contributed by atoms with E-state index in [2.05, 4.69) is 19.2 Å². The zero-order valence-electron chi connectivity index (χ0n) is 22.3. The van der Waals surface area contributed by atoms with Crippen molar-refractivity contribution in [1.82, 2.24) is 5.32 Å². The molecule has 0 aromatic carbocycles. The fraction of sp³-hybridized carbons (Fsp3) is 0.793. The minimum Gasteiger partial charge on any atom is -0.480 e. The molecule has 0 heterocycles. The van der Waals surface area contributed by atoms with E-state index in [1.807, 2.05) is 19.9 Å². The van der Waals surface area contributed by atoms with Crippen LogP contribution in [-0.4, -0.2) is 40.9 Å². The van der Waals surface area contributed by atoms with Gasteiger partial charge in [0.05, 0.1) is 6.42 Å². The minimum absolute atomic E-state index is 0.0383. The van der Waals surface area contributed by atoms with Gasteiger partial charge in [0.15, 0.2) is 5.78 Å². The van der Waals surface area contributed by atoms with E-state index in [9.17, 15) is 24.3 Å². The molecule has 0 aliphatic heterocycles. The Kier molecular flexibility index (Phi) is 7.68. The summed E-state index contributed by atoms with van der Waals surface area (Å²) in [6.07, 6.45) is 9.81. The number of allylic oxidation sites excluding steroid dienone is 1. The van der Waals surface area contributed by atoms with Crippen LogP contribution in [-0.2, 0) is 23.9 Å². The number of carboxylic acid groups (broad SMARTS) is 1. The van der Waals surface area contributed by atoms with Crippen LogP contribution in [0.15, 0.2) is 11.6 Å². The zero-order valence-corrected chi connectivity index (χ0v) is 22.3. The highest BCUT2D eigenvalue weighted by molar-refractivity contribution is 5.91. The molecule has 0 bridgehead atoms. The lowest BCUT2D eigenvalue weighted by Gasteiger charge is -2.57. The molecular weight excluding hydrogens is 458 g/mol. The Bertz CT molecular complexity index is 940. The average Bonchev–Trinajstić information content (AvgIpc) is 3.13. The van der Waals surface area contributed by atoms with Crippen molar-refractivity contribution in [3.63, 3.8) is 0 Å². The van der Waals surface area contributed by atoms with E-state index in [1.165, 1.54) is 5.57 Å². The zero-order chi connectivity index (χ0) is 26.3. The Morgan fingerprint density at radius 2 is 1.81 bits per heavy atom. The second-order valence-electron chi connectivity index (χ2n) is 12.7. The molecule has 3 fully saturated rings. The molecule has 0 aromatic heterocycles. The number of amides is 1. The number of ketones is 1. The number of hydrogen-bond acceptors (Lipinski definition) is 5. The van der Waals surface area contributed by atoms with Crippen LogP contribution in [0.25, 0.3) is 0 Å². The molecule has 0 aromatic rings. The van der Waals surface area contributed by atoms with Gasteiger partial charge in [-0.3, -0.25) is 14.4 Å². The molecule has 4 aliphatic rings. The minimum atomic E-state index is -1.06. The quantitative estimate of drug-likeness (QED) is 0.461. The largest absolute Gasteiger partial charge is 0.480 e. The third-order valence-corrected chi connectivity index (χ3v) is 10.0. The standard InChI is InChI=1S/C29H43NO6/c1-17(2)15-23(27(34)35)30-25(32)9-10-26(33)36-24-8-7-21-20-6-5-18-16-19(31)11-13-28(18,3)22(20)12-14-29(21,24)4/h16-17,20-24H,5-15H2,1-4H3,(H,30,32)(H,34,35)/t20-,21+,22+,23-,24+,28-,29-/m0/s1. The Balaban J connectivity index is 1.33. The van der Waals surface area contributed by atoms with Crippen molar-refractivity contribution < 1.29 is 29.0 Å². The van der Waals surface area contributed by atoms with E-state index >= 15 is 0 Å². The molecule has 2 N–H and O–H groups in total. The number of carbonyl (C=O) groups is 4. The van der Waals surface area contributed by atoms with Gasteiger partial charge in [0.2, 0.25) is 5.91 Å². The highest BCUT2D eigenvalue weighted by Gasteiger charge is 2.59. The van der Waals surface area contributed by atoms with Crippen molar-refractivity contribution in [1.29, 1.82) is 0 Å². The Hall–Kier alpha value is -2.18. The summed E-state index contributed by atoms with van der Waals surface area (Å²) >= 11 is 0. The van der Waals surface area contributed by atoms with Crippen LogP contribution < -0.4 is 5.32 Å². The first-order valence-corrected chi connectivity index (χ1v) is 13.9. The van der Waals surface area contributed by atoms with Crippen molar-refractivity contribution >= 4 is 23.6 Å². The van der Waals surface area contributed by atoms with Gasteiger partial charge in [-0.25, -0.2) is 4.79 Å². The third-order valence-electron chi connectivity index (χ3n) is 10.0. The van der Waals surface area contributed by atoms with E-state index in [0.29, 0.717) is 30.6 Å². The molecule has 1 amide bonds. The second-order valence-corrected chi connectivity index (χ2v) is 12.7. The van der Waals surface area contributed by atoms with Gasteiger partial charge < -0.3 is 15.2 Å². The van der Waals surface area contributed by atoms with Gasteiger partial charge in [0.25, 0.3) is 0 Å². The van der Waals surface area contributed by atoms with Crippen molar-refractivity contribution in [2.75, 3.05) is 0 Å². The average molecular weight is 502 g/mol. The number of carboxylic acids is 1.